The minimum Gasteiger partial charge on any atom is -0.325 e. The van der Waals surface area contributed by atoms with Gasteiger partial charge in [-0.3, -0.25) is 4.79 Å². The molecule has 3 rings (SSSR count). The SMILES string of the molecule is N#Cc1cc(NC(=O)CSc2nc3ccccc3s2)ccc1Cl. The molecule has 23 heavy (non-hydrogen) atoms. The van der Waals surface area contributed by atoms with Crippen LogP contribution in [-0.2, 0) is 4.79 Å². The van der Waals surface area contributed by atoms with Gasteiger partial charge in [0.15, 0.2) is 4.34 Å². The number of rotatable bonds is 4. The number of aromatic nitrogens is 1. The Morgan fingerprint density at radius 2 is 2.17 bits per heavy atom. The van der Waals surface area contributed by atoms with E-state index in [0.29, 0.717) is 16.3 Å². The van der Waals surface area contributed by atoms with E-state index in [1.54, 1.807) is 29.5 Å². The number of carbonyl (C=O) groups excluding carboxylic acids is 1. The third kappa shape index (κ3) is 3.82. The lowest BCUT2D eigenvalue weighted by Crippen LogP contribution is -2.14. The van der Waals surface area contributed by atoms with E-state index in [1.807, 2.05) is 30.3 Å². The monoisotopic (exact) mass is 359 g/mol. The molecule has 0 saturated carbocycles. The largest absolute Gasteiger partial charge is 0.325 e. The number of hydrogen-bond donors (Lipinski definition) is 1. The Balaban J connectivity index is 1.62. The van der Waals surface area contributed by atoms with Crippen molar-refractivity contribution in [2.24, 2.45) is 0 Å². The molecule has 1 aromatic heterocycles. The van der Waals surface area contributed by atoms with Crippen LogP contribution in [0.5, 0.6) is 0 Å². The number of benzene rings is 2. The van der Waals surface area contributed by atoms with Crippen molar-refractivity contribution >= 4 is 56.5 Å². The first-order chi connectivity index (χ1) is 11.2. The molecule has 2 aromatic carbocycles. The molecule has 1 heterocycles. The van der Waals surface area contributed by atoms with E-state index in [9.17, 15) is 4.79 Å². The topological polar surface area (TPSA) is 65.8 Å². The highest BCUT2D eigenvalue weighted by molar-refractivity contribution is 8.01. The fraction of sp³-hybridized carbons (Fsp3) is 0.0625. The molecule has 0 spiro atoms. The number of fused-ring (bicyclic) bond motifs is 1. The van der Waals surface area contributed by atoms with Gasteiger partial charge in [0.05, 0.1) is 26.6 Å². The van der Waals surface area contributed by atoms with Crippen molar-refractivity contribution in [3.05, 3.63) is 53.1 Å². The number of nitrogens with one attached hydrogen (secondary N) is 1. The van der Waals surface area contributed by atoms with E-state index in [1.165, 1.54) is 11.8 Å². The molecule has 3 aromatic rings. The summed E-state index contributed by atoms with van der Waals surface area (Å²) in [6, 6.07) is 14.7. The van der Waals surface area contributed by atoms with E-state index < -0.39 is 0 Å². The molecule has 4 nitrogen and oxygen atoms in total. The first-order valence-corrected chi connectivity index (χ1v) is 8.81. The third-order valence-electron chi connectivity index (χ3n) is 2.97. The molecular weight excluding hydrogens is 350 g/mol. The first kappa shape index (κ1) is 15.8. The van der Waals surface area contributed by atoms with Gasteiger partial charge >= 0.3 is 0 Å². The summed E-state index contributed by atoms with van der Waals surface area (Å²) in [6.07, 6.45) is 0. The van der Waals surface area contributed by atoms with Crippen LogP contribution >= 0.6 is 34.7 Å². The molecule has 1 N–H and O–H groups in total. The minimum atomic E-state index is -0.152. The highest BCUT2D eigenvalue weighted by Crippen LogP contribution is 2.29. The van der Waals surface area contributed by atoms with E-state index in [-0.39, 0.29) is 11.7 Å². The summed E-state index contributed by atoms with van der Waals surface area (Å²) in [5, 5.41) is 12.1. The van der Waals surface area contributed by atoms with Crippen LogP contribution in [0.2, 0.25) is 5.02 Å². The summed E-state index contributed by atoms with van der Waals surface area (Å²) in [4.78, 5) is 16.5. The normalized spacial score (nSPS) is 10.4. The Bertz CT molecular complexity index is 884. The standard InChI is InChI=1S/C16H10ClN3OS2/c17-12-6-5-11(7-10(12)8-18)19-15(21)9-22-16-20-13-3-1-2-4-14(13)23-16/h1-7H,9H2,(H,19,21). The Labute approximate surface area is 146 Å². The lowest BCUT2D eigenvalue weighted by atomic mass is 10.2. The minimum absolute atomic E-state index is 0.152. The number of thiazole rings is 1. The van der Waals surface area contributed by atoms with Crippen molar-refractivity contribution < 1.29 is 4.79 Å². The van der Waals surface area contributed by atoms with Crippen LogP contribution in [0.15, 0.2) is 46.8 Å². The van der Waals surface area contributed by atoms with Crippen molar-refractivity contribution in [2.75, 3.05) is 11.1 Å². The number of nitriles is 1. The van der Waals surface area contributed by atoms with Crippen molar-refractivity contribution in [3.8, 4) is 6.07 Å². The smallest absolute Gasteiger partial charge is 0.234 e. The van der Waals surface area contributed by atoms with Gasteiger partial charge in [0, 0.05) is 5.69 Å². The number of halogens is 1. The second kappa shape index (κ2) is 7.01. The number of thioether (sulfide) groups is 1. The number of anilines is 1. The van der Waals surface area contributed by atoms with Gasteiger partial charge in [0.1, 0.15) is 6.07 Å². The maximum atomic E-state index is 12.0. The van der Waals surface area contributed by atoms with Gasteiger partial charge in [-0.2, -0.15) is 5.26 Å². The summed E-state index contributed by atoms with van der Waals surface area (Å²) in [5.74, 6) is 0.102. The second-order valence-corrected chi connectivity index (χ2v) is 7.25. The van der Waals surface area contributed by atoms with Gasteiger partial charge in [-0.1, -0.05) is 35.5 Å². The summed E-state index contributed by atoms with van der Waals surface area (Å²) in [5.41, 5.74) is 1.83. The molecule has 114 valence electrons. The molecule has 1 amide bonds. The molecule has 0 aliphatic carbocycles. The van der Waals surface area contributed by atoms with Crippen LogP contribution < -0.4 is 5.32 Å². The van der Waals surface area contributed by atoms with Crippen LogP contribution in [0.1, 0.15) is 5.56 Å². The van der Waals surface area contributed by atoms with Crippen LogP contribution in [0.4, 0.5) is 5.69 Å². The fourth-order valence-electron chi connectivity index (χ4n) is 1.93. The van der Waals surface area contributed by atoms with Gasteiger partial charge in [0.2, 0.25) is 5.91 Å². The average Bonchev–Trinajstić information content (AvgIpc) is 2.97. The van der Waals surface area contributed by atoms with Gasteiger partial charge in [-0.25, -0.2) is 4.98 Å². The summed E-state index contributed by atoms with van der Waals surface area (Å²) in [7, 11) is 0. The average molecular weight is 360 g/mol. The molecule has 0 unspecified atom stereocenters. The predicted octanol–water partition coefficient (Wildman–Crippen LogP) is 4.55. The van der Waals surface area contributed by atoms with Crippen molar-refractivity contribution in [2.45, 2.75) is 4.34 Å². The summed E-state index contributed by atoms with van der Waals surface area (Å²) in [6.45, 7) is 0. The molecular formula is C16H10ClN3OS2. The van der Waals surface area contributed by atoms with Gasteiger partial charge in [-0.05, 0) is 30.3 Å². The number of nitrogens with zero attached hydrogens (tertiary/aromatic N) is 2. The zero-order chi connectivity index (χ0) is 16.2. The van der Waals surface area contributed by atoms with Crippen LogP contribution in [0, 0.1) is 11.3 Å². The maximum Gasteiger partial charge on any atom is 0.234 e. The van der Waals surface area contributed by atoms with Crippen LogP contribution in [0.3, 0.4) is 0 Å². The Morgan fingerprint density at radius 1 is 1.35 bits per heavy atom. The van der Waals surface area contributed by atoms with Crippen molar-refractivity contribution in [3.63, 3.8) is 0 Å². The Hall–Kier alpha value is -2.07. The lowest BCUT2D eigenvalue weighted by Gasteiger charge is -2.05. The molecule has 7 heteroatoms. The zero-order valence-corrected chi connectivity index (χ0v) is 14.1. The Kier molecular flexibility index (Phi) is 4.82. The highest BCUT2D eigenvalue weighted by atomic mass is 35.5. The van der Waals surface area contributed by atoms with E-state index in [2.05, 4.69) is 10.3 Å². The van der Waals surface area contributed by atoms with Crippen molar-refractivity contribution in [1.29, 1.82) is 5.26 Å². The molecule has 0 saturated heterocycles. The number of carbonyl (C=O) groups is 1. The molecule has 0 radical (unpaired) electrons. The van der Waals surface area contributed by atoms with E-state index in [0.717, 1.165) is 14.6 Å². The highest BCUT2D eigenvalue weighted by Gasteiger charge is 2.09. The molecule has 0 aliphatic heterocycles. The van der Waals surface area contributed by atoms with E-state index >= 15 is 0 Å². The maximum absolute atomic E-state index is 12.0. The second-order valence-electron chi connectivity index (χ2n) is 4.59. The molecule has 0 atom stereocenters. The lowest BCUT2D eigenvalue weighted by molar-refractivity contribution is -0.113. The summed E-state index contributed by atoms with van der Waals surface area (Å²) >= 11 is 8.82. The van der Waals surface area contributed by atoms with Gasteiger partial charge < -0.3 is 5.32 Å². The first-order valence-electron chi connectivity index (χ1n) is 6.63. The predicted molar refractivity (Wildman–Crippen MR) is 95.1 cm³/mol. The van der Waals surface area contributed by atoms with Crippen LogP contribution in [-0.4, -0.2) is 16.6 Å². The van der Waals surface area contributed by atoms with Gasteiger partial charge in [-0.15, -0.1) is 11.3 Å². The summed E-state index contributed by atoms with van der Waals surface area (Å²) < 4.78 is 1.96. The molecule has 0 aliphatic rings. The number of hydrogen-bond acceptors (Lipinski definition) is 5. The number of para-hydroxylation sites is 1. The van der Waals surface area contributed by atoms with E-state index in [4.69, 9.17) is 16.9 Å². The molecule has 0 fully saturated rings. The Morgan fingerprint density at radius 3 is 2.96 bits per heavy atom. The number of amides is 1. The fourth-order valence-corrected chi connectivity index (χ4v) is 3.95. The quantitative estimate of drug-likeness (QED) is 0.694. The molecule has 0 bridgehead atoms. The third-order valence-corrected chi connectivity index (χ3v) is 5.48. The van der Waals surface area contributed by atoms with Gasteiger partial charge in [0.25, 0.3) is 0 Å². The zero-order valence-electron chi connectivity index (χ0n) is 11.7. The van der Waals surface area contributed by atoms with Crippen LogP contribution in [0.25, 0.3) is 10.2 Å². The van der Waals surface area contributed by atoms with Crippen molar-refractivity contribution in [1.82, 2.24) is 4.98 Å².